The number of nitrogens with one attached hydrogen (secondary N) is 1. The Hall–Kier alpha value is -1.66. The van der Waals surface area contributed by atoms with Crippen LogP contribution in [0, 0.1) is 13.8 Å². The first-order chi connectivity index (χ1) is 11.3. The number of fused-ring (bicyclic) bond motifs is 1. The molecular weight excluding hydrogens is 322 g/mol. The van der Waals surface area contributed by atoms with Gasteiger partial charge in [0, 0.05) is 30.2 Å². The lowest BCUT2D eigenvalue weighted by Crippen LogP contribution is -2.39. The molecule has 3 rings (SSSR count). The first-order valence-electron chi connectivity index (χ1n) is 8.41. The van der Waals surface area contributed by atoms with Gasteiger partial charge in [-0.05, 0) is 45.7 Å². The van der Waals surface area contributed by atoms with Crippen molar-refractivity contribution in [3.63, 3.8) is 0 Å². The summed E-state index contributed by atoms with van der Waals surface area (Å²) in [6.07, 6.45) is 0.650. The van der Waals surface area contributed by atoms with Gasteiger partial charge in [0.15, 0.2) is 0 Å². The maximum atomic E-state index is 12.5. The summed E-state index contributed by atoms with van der Waals surface area (Å²) >= 11 is 0. The molecule has 1 N–H and O–H groups in total. The Bertz CT molecular complexity index is 862. The molecule has 0 saturated carbocycles. The van der Waals surface area contributed by atoms with Crippen molar-refractivity contribution in [1.82, 2.24) is 9.71 Å². The fraction of sp³-hybridized carbons (Fsp3) is 0.500. The van der Waals surface area contributed by atoms with Gasteiger partial charge in [-0.15, -0.1) is 0 Å². The summed E-state index contributed by atoms with van der Waals surface area (Å²) in [4.78, 5) is 6.86. The number of aromatic nitrogens is 1. The smallest absolute Gasteiger partial charge is 0.216 e. The van der Waals surface area contributed by atoms with Gasteiger partial charge >= 0.3 is 0 Å². The summed E-state index contributed by atoms with van der Waals surface area (Å²) in [6.45, 7) is 9.06. The van der Waals surface area contributed by atoms with Crippen LogP contribution in [0.5, 0.6) is 0 Å². The van der Waals surface area contributed by atoms with Crippen LogP contribution in [-0.2, 0) is 10.0 Å². The fourth-order valence-corrected chi connectivity index (χ4v) is 5.07. The van der Waals surface area contributed by atoms with Crippen LogP contribution in [0.15, 0.2) is 24.3 Å². The van der Waals surface area contributed by atoms with Gasteiger partial charge in [0.1, 0.15) is 0 Å². The molecule has 130 valence electrons. The van der Waals surface area contributed by atoms with Crippen LogP contribution in [0.25, 0.3) is 10.9 Å². The fourth-order valence-electron chi connectivity index (χ4n) is 3.43. The van der Waals surface area contributed by atoms with Crippen LogP contribution < -0.4 is 9.62 Å². The summed E-state index contributed by atoms with van der Waals surface area (Å²) < 4.78 is 27.7. The number of hydrogen-bond acceptors (Lipinski definition) is 4. The highest BCUT2D eigenvalue weighted by molar-refractivity contribution is 7.90. The van der Waals surface area contributed by atoms with Crippen LogP contribution in [0.4, 0.5) is 5.69 Å². The Kier molecular flexibility index (Phi) is 4.53. The van der Waals surface area contributed by atoms with Crippen LogP contribution >= 0.6 is 0 Å². The first-order valence-corrected chi connectivity index (χ1v) is 9.96. The third-order valence-corrected chi connectivity index (χ3v) is 6.71. The summed E-state index contributed by atoms with van der Waals surface area (Å²) in [5.74, 6) is 0. The molecule has 0 bridgehead atoms. The third kappa shape index (κ3) is 3.13. The largest absolute Gasteiger partial charge is 0.369 e. The maximum Gasteiger partial charge on any atom is 0.216 e. The molecule has 1 fully saturated rings. The van der Waals surface area contributed by atoms with Gasteiger partial charge in [0.25, 0.3) is 0 Å². The van der Waals surface area contributed by atoms with E-state index in [9.17, 15) is 8.42 Å². The van der Waals surface area contributed by atoms with Gasteiger partial charge in [-0.2, -0.15) is 0 Å². The van der Waals surface area contributed by atoms with Crippen molar-refractivity contribution >= 4 is 26.6 Å². The Labute approximate surface area is 144 Å². The minimum atomic E-state index is -3.28. The van der Waals surface area contributed by atoms with E-state index >= 15 is 0 Å². The molecule has 1 saturated heterocycles. The average Bonchev–Trinajstić information content (AvgIpc) is 2.97. The van der Waals surface area contributed by atoms with Gasteiger partial charge in [-0.1, -0.05) is 18.2 Å². The predicted molar refractivity (Wildman–Crippen MR) is 99.0 cm³/mol. The van der Waals surface area contributed by atoms with E-state index in [1.165, 1.54) is 0 Å². The van der Waals surface area contributed by atoms with Crippen molar-refractivity contribution in [1.29, 1.82) is 0 Å². The van der Waals surface area contributed by atoms with Crippen molar-refractivity contribution in [2.24, 2.45) is 0 Å². The van der Waals surface area contributed by atoms with Crippen LogP contribution in [0.1, 0.15) is 31.5 Å². The number of nitrogens with zero attached hydrogens (tertiary/aromatic N) is 2. The number of sulfonamides is 1. The highest BCUT2D eigenvalue weighted by Crippen LogP contribution is 2.34. The quantitative estimate of drug-likeness (QED) is 0.924. The molecule has 1 aliphatic rings. The number of anilines is 1. The summed E-state index contributed by atoms with van der Waals surface area (Å²) in [6, 6.07) is 7.99. The molecule has 24 heavy (non-hydrogen) atoms. The van der Waals surface area contributed by atoms with Gasteiger partial charge in [-0.3, -0.25) is 4.98 Å². The zero-order valence-corrected chi connectivity index (χ0v) is 15.5. The molecule has 1 aromatic heterocycles. The molecule has 0 radical (unpaired) electrons. The second kappa shape index (κ2) is 6.33. The lowest BCUT2D eigenvalue weighted by atomic mass is 10.1. The molecule has 0 spiro atoms. The third-order valence-electron chi connectivity index (χ3n) is 4.65. The van der Waals surface area contributed by atoms with Crippen LogP contribution in [0.3, 0.4) is 0 Å². The highest BCUT2D eigenvalue weighted by atomic mass is 32.2. The van der Waals surface area contributed by atoms with Crippen molar-refractivity contribution < 1.29 is 8.42 Å². The van der Waals surface area contributed by atoms with E-state index in [0.29, 0.717) is 13.0 Å². The van der Waals surface area contributed by atoms with Gasteiger partial charge in [-0.25, -0.2) is 13.1 Å². The van der Waals surface area contributed by atoms with Crippen molar-refractivity contribution in [2.45, 2.75) is 45.4 Å². The van der Waals surface area contributed by atoms with E-state index in [4.69, 9.17) is 0 Å². The number of hydrogen-bond donors (Lipinski definition) is 1. The Morgan fingerprint density at radius 1 is 1.25 bits per heavy atom. The number of aryl methyl sites for hydroxylation is 1. The Morgan fingerprint density at radius 3 is 2.67 bits per heavy atom. The summed E-state index contributed by atoms with van der Waals surface area (Å²) in [7, 11) is -3.28. The zero-order chi connectivity index (χ0) is 17.5. The second-order valence-corrected chi connectivity index (χ2v) is 8.85. The SMILES string of the molecule is Cc1nc2ccccc2c(N2CCC(S(=O)(=O)NC(C)C)C2)c1C. The number of para-hydroxylation sites is 1. The van der Waals surface area contributed by atoms with Gasteiger partial charge in [0.05, 0.1) is 16.5 Å². The van der Waals surface area contributed by atoms with Crippen molar-refractivity contribution in [2.75, 3.05) is 18.0 Å². The van der Waals surface area contributed by atoms with E-state index in [2.05, 4.69) is 27.6 Å². The highest BCUT2D eigenvalue weighted by Gasteiger charge is 2.34. The standard InChI is InChI=1S/C18H25N3O2S/c1-12(2)20-24(22,23)15-9-10-21(11-15)18-13(3)14(4)19-17-8-6-5-7-16(17)18/h5-8,12,15,20H,9-11H2,1-4H3. The van der Waals surface area contributed by atoms with Crippen molar-refractivity contribution in [3.05, 3.63) is 35.5 Å². The van der Waals surface area contributed by atoms with Crippen LogP contribution in [0.2, 0.25) is 0 Å². The lowest BCUT2D eigenvalue weighted by molar-refractivity contribution is 0.557. The lowest BCUT2D eigenvalue weighted by Gasteiger charge is -2.24. The minimum absolute atomic E-state index is 0.0743. The van der Waals surface area contributed by atoms with Crippen LogP contribution in [-0.4, -0.2) is 37.8 Å². The molecule has 6 heteroatoms. The van der Waals surface area contributed by atoms with Gasteiger partial charge < -0.3 is 4.90 Å². The zero-order valence-electron chi connectivity index (χ0n) is 14.7. The molecule has 5 nitrogen and oxygen atoms in total. The molecule has 2 heterocycles. The van der Waals surface area contributed by atoms with E-state index in [1.54, 1.807) is 0 Å². The predicted octanol–water partition coefficient (Wildman–Crippen LogP) is 2.76. The summed E-state index contributed by atoms with van der Waals surface area (Å²) in [5.41, 5.74) is 4.21. The molecule has 0 amide bonds. The van der Waals surface area contributed by atoms with E-state index in [0.717, 1.165) is 34.4 Å². The maximum absolute atomic E-state index is 12.5. The molecule has 2 aromatic rings. The molecule has 0 aliphatic carbocycles. The Balaban J connectivity index is 1.97. The topological polar surface area (TPSA) is 62.3 Å². The Morgan fingerprint density at radius 2 is 1.96 bits per heavy atom. The van der Waals surface area contributed by atoms with Crippen molar-refractivity contribution in [3.8, 4) is 0 Å². The van der Waals surface area contributed by atoms with E-state index < -0.39 is 10.0 Å². The molecular formula is C18H25N3O2S. The molecule has 1 aromatic carbocycles. The average molecular weight is 347 g/mol. The molecule has 1 unspecified atom stereocenters. The molecule has 1 aliphatic heterocycles. The first kappa shape index (κ1) is 17.2. The normalized spacial score (nSPS) is 18.7. The number of benzene rings is 1. The minimum Gasteiger partial charge on any atom is -0.369 e. The van der Waals surface area contributed by atoms with Gasteiger partial charge in [0.2, 0.25) is 10.0 Å². The number of rotatable bonds is 4. The molecule has 1 atom stereocenters. The summed E-state index contributed by atoms with van der Waals surface area (Å²) in [5, 5.41) is 0.724. The number of pyridine rings is 1. The second-order valence-electron chi connectivity index (χ2n) is 6.86. The monoisotopic (exact) mass is 347 g/mol. The van der Waals surface area contributed by atoms with E-state index in [-0.39, 0.29) is 11.3 Å². The van der Waals surface area contributed by atoms with E-state index in [1.807, 2.05) is 39.0 Å².